The summed E-state index contributed by atoms with van der Waals surface area (Å²) in [5.74, 6) is 0.146. The van der Waals surface area contributed by atoms with Gasteiger partial charge in [0.1, 0.15) is 0 Å². The van der Waals surface area contributed by atoms with Gasteiger partial charge in [-0.15, -0.1) is 0 Å². The molecule has 0 unspecified atom stereocenters. The van der Waals surface area contributed by atoms with E-state index in [0.29, 0.717) is 19.6 Å². The van der Waals surface area contributed by atoms with Crippen LogP contribution in [0.5, 0.6) is 0 Å². The second kappa shape index (κ2) is 10.4. The summed E-state index contributed by atoms with van der Waals surface area (Å²) in [6.45, 7) is 7.52. The SMILES string of the molecule is COCCCNC(=O)CCN1CCN(Cc2ccccc2)CC1. The minimum atomic E-state index is 0.146. The van der Waals surface area contributed by atoms with E-state index in [9.17, 15) is 4.79 Å². The summed E-state index contributed by atoms with van der Waals surface area (Å²) < 4.78 is 4.97. The van der Waals surface area contributed by atoms with Crippen LogP contribution in [0.1, 0.15) is 18.4 Å². The quantitative estimate of drug-likeness (QED) is 0.698. The Labute approximate surface area is 139 Å². The van der Waals surface area contributed by atoms with Gasteiger partial charge in [0.2, 0.25) is 5.91 Å². The average Bonchev–Trinajstić information content (AvgIpc) is 2.59. The van der Waals surface area contributed by atoms with E-state index in [-0.39, 0.29) is 5.91 Å². The number of amides is 1. The smallest absolute Gasteiger partial charge is 0.221 e. The van der Waals surface area contributed by atoms with Crippen molar-refractivity contribution in [2.24, 2.45) is 0 Å². The summed E-state index contributed by atoms with van der Waals surface area (Å²) in [5, 5.41) is 2.94. The molecule has 1 saturated heterocycles. The summed E-state index contributed by atoms with van der Waals surface area (Å²) in [5.41, 5.74) is 1.37. The molecule has 2 rings (SSSR count). The van der Waals surface area contributed by atoms with Gasteiger partial charge in [0.05, 0.1) is 0 Å². The molecule has 5 heteroatoms. The van der Waals surface area contributed by atoms with Gasteiger partial charge in [-0.05, 0) is 12.0 Å². The Kier molecular flexibility index (Phi) is 8.07. The molecule has 1 amide bonds. The zero-order valence-corrected chi connectivity index (χ0v) is 14.2. The summed E-state index contributed by atoms with van der Waals surface area (Å²) in [4.78, 5) is 16.6. The Morgan fingerprint density at radius 2 is 1.83 bits per heavy atom. The van der Waals surface area contributed by atoms with Crippen molar-refractivity contribution in [2.45, 2.75) is 19.4 Å². The maximum Gasteiger partial charge on any atom is 0.221 e. The molecule has 0 spiro atoms. The third-order valence-corrected chi connectivity index (χ3v) is 4.22. The molecule has 0 saturated carbocycles. The lowest BCUT2D eigenvalue weighted by Crippen LogP contribution is -2.46. The highest BCUT2D eigenvalue weighted by atomic mass is 16.5. The molecule has 0 aliphatic carbocycles. The third kappa shape index (κ3) is 7.12. The van der Waals surface area contributed by atoms with Gasteiger partial charge < -0.3 is 15.0 Å². The van der Waals surface area contributed by atoms with E-state index in [0.717, 1.165) is 45.7 Å². The van der Waals surface area contributed by atoms with E-state index in [1.165, 1.54) is 5.56 Å². The van der Waals surface area contributed by atoms with Crippen LogP contribution in [0.15, 0.2) is 30.3 Å². The molecule has 0 atom stereocenters. The van der Waals surface area contributed by atoms with Crippen LogP contribution in [-0.2, 0) is 16.1 Å². The van der Waals surface area contributed by atoms with Crippen molar-refractivity contribution in [1.29, 1.82) is 0 Å². The normalized spacial score (nSPS) is 16.4. The summed E-state index contributed by atoms with van der Waals surface area (Å²) in [6, 6.07) is 10.6. The number of ether oxygens (including phenoxy) is 1. The molecule has 1 aliphatic heterocycles. The van der Waals surface area contributed by atoms with Gasteiger partial charge >= 0.3 is 0 Å². The van der Waals surface area contributed by atoms with Crippen LogP contribution in [0.3, 0.4) is 0 Å². The maximum atomic E-state index is 11.8. The fourth-order valence-corrected chi connectivity index (χ4v) is 2.80. The highest BCUT2D eigenvalue weighted by Crippen LogP contribution is 2.08. The molecular formula is C18H29N3O2. The zero-order chi connectivity index (χ0) is 16.3. The van der Waals surface area contributed by atoms with Gasteiger partial charge in [-0.1, -0.05) is 30.3 Å². The number of carbonyl (C=O) groups is 1. The molecule has 1 aromatic rings. The van der Waals surface area contributed by atoms with Crippen LogP contribution in [0.25, 0.3) is 0 Å². The van der Waals surface area contributed by atoms with Gasteiger partial charge in [0.25, 0.3) is 0 Å². The van der Waals surface area contributed by atoms with Crippen LogP contribution in [0.2, 0.25) is 0 Å². The van der Waals surface area contributed by atoms with Crippen molar-refractivity contribution in [1.82, 2.24) is 15.1 Å². The predicted molar refractivity (Wildman–Crippen MR) is 92.3 cm³/mol. The third-order valence-electron chi connectivity index (χ3n) is 4.22. The number of piperazine rings is 1. The zero-order valence-electron chi connectivity index (χ0n) is 14.2. The van der Waals surface area contributed by atoms with E-state index in [1.807, 2.05) is 0 Å². The molecule has 128 valence electrons. The predicted octanol–water partition coefficient (Wildman–Crippen LogP) is 1.35. The summed E-state index contributed by atoms with van der Waals surface area (Å²) >= 11 is 0. The van der Waals surface area contributed by atoms with E-state index < -0.39 is 0 Å². The number of carbonyl (C=O) groups excluding carboxylic acids is 1. The first-order valence-electron chi connectivity index (χ1n) is 8.52. The first-order valence-corrected chi connectivity index (χ1v) is 8.52. The largest absolute Gasteiger partial charge is 0.385 e. The molecule has 5 nitrogen and oxygen atoms in total. The van der Waals surface area contributed by atoms with E-state index in [2.05, 4.69) is 45.4 Å². The van der Waals surface area contributed by atoms with Gasteiger partial charge in [0, 0.05) is 66.0 Å². The lowest BCUT2D eigenvalue weighted by Gasteiger charge is -2.34. The van der Waals surface area contributed by atoms with Crippen LogP contribution in [0, 0.1) is 0 Å². The van der Waals surface area contributed by atoms with Crippen molar-refractivity contribution in [3.63, 3.8) is 0 Å². The topological polar surface area (TPSA) is 44.8 Å². The number of nitrogens with one attached hydrogen (secondary N) is 1. The molecule has 0 aromatic heterocycles. The number of nitrogens with zero attached hydrogens (tertiary/aromatic N) is 2. The highest BCUT2D eigenvalue weighted by molar-refractivity contribution is 5.75. The first kappa shape index (κ1) is 17.9. The van der Waals surface area contributed by atoms with Crippen LogP contribution >= 0.6 is 0 Å². The van der Waals surface area contributed by atoms with Gasteiger partial charge in [0.15, 0.2) is 0 Å². The van der Waals surface area contributed by atoms with Gasteiger partial charge in [-0.3, -0.25) is 9.69 Å². The maximum absolute atomic E-state index is 11.8. The molecule has 23 heavy (non-hydrogen) atoms. The van der Waals surface area contributed by atoms with E-state index >= 15 is 0 Å². The fourth-order valence-electron chi connectivity index (χ4n) is 2.80. The monoisotopic (exact) mass is 319 g/mol. The molecular weight excluding hydrogens is 290 g/mol. The molecule has 0 radical (unpaired) electrons. The van der Waals surface area contributed by atoms with Crippen molar-refractivity contribution >= 4 is 5.91 Å². The minimum absolute atomic E-state index is 0.146. The minimum Gasteiger partial charge on any atom is -0.385 e. The molecule has 1 N–H and O–H groups in total. The second-order valence-corrected chi connectivity index (χ2v) is 6.05. The summed E-state index contributed by atoms with van der Waals surface area (Å²) in [6.07, 6.45) is 1.46. The second-order valence-electron chi connectivity index (χ2n) is 6.05. The van der Waals surface area contributed by atoms with E-state index in [1.54, 1.807) is 7.11 Å². The molecule has 0 bridgehead atoms. The first-order chi connectivity index (χ1) is 11.3. The number of hydrogen-bond acceptors (Lipinski definition) is 4. The Morgan fingerprint density at radius 1 is 1.13 bits per heavy atom. The molecule has 1 aromatic carbocycles. The lowest BCUT2D eigenvalue weighted by atomic mass is 10.2. The fraction of sp³-hybridized carbons (Fsp3) is 0.611. The number of rotatable bonds is 9. The van der Waals surface area contributed by atoms with Crippen molar-refractivity contribution in [3.8, 4) is 0 Å². The Balaban J connectivity index is 1.57. The molecule has 1 heterocycles. The molecule has 1 fully saturated rings. The summed E-state index contributed by atoms with van der Waals surface area (Å²) in [7, 11) is 1.68. The standard InChI is InChI=1S/C18H29N3O2/c1-23-15-5-9-19-18(22)8-10-20-11-13-21(14-12-20)16-17-6-3-2-4-7-17/h2-4,6-7H,5,8-16H2,1H3,(H,19,22). The number of benzene rings is 1. The Morgan fingerprint density at radius 3 is 2.52 bits per heavy atom. The van der Waals surface area contributed by atoms with Crippen LogP contribution < -0.4 is 5.32 Å². The number of methoxy groups -OCH3 is 1. The van der Waals surface area contributed by atoms with Crippen molar-refractivity contribution < 1.29 is 9.53 Å². The number of hydrogen-bond donors (Lipinski definition) is 1. The van der Waals surface area contributed by atoms with Crippen LogP contribution in [0.4, 0.5) is 0 Å². The van der Waals surface area contributed by atoms with Gasteiger partial charge in [-0.25, -0.2) is 0 Å². The van der Waals surface area contributed by atoms with Crippen molar-refractivity contribution in [2.75, 3.05) is 53.0 Å². The van der Waals surface area contributed by atoms with E-state index in [4.69, 9.17) is 4.74 Å². The highest BCUT2D eigenvalue weighted by Gasteiger charge is 2.17. The lowest BCUT2D eigenvalue weighted by molar-refractivity contribution is -0.121. The molecule has 1 aliphatic rings. The van der Waals surface area contributed by atoms with Crippen LogP contribution in [-0.4, -0.2) is 68.7 Å². The average molecular weight is 319 g/mol. The Bertz CT molecular complexity index is 445. The van der Waals surface area contributed by atoms with Crippen molar-refractivity contribution in [3.05, 3.63) is 35.9 Å². The Hall–Kier alpha value is -1.43. The van der Waals surface area contributed by atoms with Gasteiger partial charge in [-0.2, -0.15) is 0 Å².